The van der Waals surface area contributed by atoms with Crippen LogP contribution >= 0.6 is 0 Å². The highest BCUT2D eigenvalue weighted by Gasteiger charge is 2.45. The van der Waals surface area contributed by atoms with E-state index in [9.17, 15) is 19.5 Å². The summed E-state index contributed by atoms with van der Waals surface area (Å²) >= 11 is 0. The van der Waals surface area contributed by atoms with E-state index in [0.717, 1.165) is 11.3 Å². The van der Waals surface area contributed by atoms with Gasteiger partial charge < -0.3 is 24.2 Å². The van der Waals surface area contributed by atoms with E-state index in [-0.39, 0.29) is 17.9 Å². The largest absolute Gasteiger partial charge is 0.507 e. The Bertz CT molecular complexity index is 1120. The fourth-order valence-electron chi connectivity index (χ4n) is 4.21. The summed E-state index contributed by atoms with van der Waals surface area (Å²) in [5, 5.41) is 11.2. The van der Waals surface area contributed by atoms with Crippen LogP contribution in [0.5, 0.6) is 11.5 Å². The minimum Gasteiger partial charge on any atom is -0.507 e. The van der Waals surface area contributed by atoms with Crippen LogP contribution in [0.3, 0.4) is 0 Å². The Kier molecular flexibility index (Phi) is 6.46. The summed E-state index contributed by atoms with van der Waals surface area (Å²) < 4.78 is 15.7. The van der Waals surface area contributed by atoms with Gasteiger partial charge in [-0.05, 0) is 47.9 Å². The first kappa shape index (κ1) is 22.5. The van der Waals surface area contributed by atoms with Crippen LogP contribution < -0.4 is 9.47 Å². The number of aliphatic hydroxyl groups excluding tert-OH is 1. The van der Waals surface area contributed by atoms with Crippen molar-refractivity contribution in [3.63, 3.8) is 0 Å². The number of aliphatic hydroxyl groups is 1. The summed E-state index contributed by atoms with van der Waals surface area (Å²) in [4.78, 5) is 38.7. The smallest absolute Gasteiger partial charge is 0.308 e. The summed E-state index contributed by atoms with van der Waals surface area (Å²) in [6.07, 6.45) is 1.24. The Balaban J connectivity index is 1.77. The maximum Gasteiger partial charge on any atom is 0.308 e. The third kappa shape index (κ3) is 4.47. The third-order valence-corrected chi connectivity index (χ3v) is 5.71. The van der Waals surface area contributed by atoms with Crippen molar-refractivity contribution in [3.8, 4) is 11.5 Å². The lowest BCUT2D eigenvalue weighted by atomic mass is 9.94. The molecule has 2 aromatic rings. The Labute approximate surface area is 191 Å². The van der Waals surface area contributed by atoms with E-state index in [0.29, 0.717) is 42.9 Å². The van der Waals surface area contributed by atoms with Crippen molar-refractivity contribution in [2.45, 2.75) is 25.8 Å². The number of hydrogen-bond acceptors (Lipinski definition) is 7. The number of benzene rings is 2. The quantitative estimate of drug-likeness (QED) is 0.172. The minimum absolute atomic E-state index is 0.0246. The molecule has 33 heavy (non-hydrogen) atoms. The van der Waals surface area contributed by atoms with Gasteiger partial charge in [0.25, 0.3) is 11.7 Å². The number of likely N-dealkylation sites (tertiary alicyclic amines) is 1. The summed E-state index contributed by atoms with van der Waals surface area (Å²) in [7, 11) is 1.57. The van der Waals surface area contributed by atoms with E-state index in [1.807, 2.05) is 0 Å². The second-order valence-corrected chi connectivity index (χ2v) is 7.92. The van der Waals surface area contributed by atoms with Crippen LogP contribution in [-0.4, -0.2) is 54.5 Å². The standard InChI is InChI=1S/C25H25NO7/c1-15(27)33-19-7-4-16(5-8-19)22-21(24(29)25(30)26(22)11-3-12-31-2)23(28)18-6-9-20-17(14-18)10-13-32-20/h4-9,14,22,28H,3,10-13H2,1-2H3/b23-21-. The maximum atomic E-state index is 13.1. The predicted molar refractivity (Wildman–Crippen MR) is 119 cm³/mol. The zero-order valence-electron chi connectivity index (χ0n) is 18.5. The van der Waals surface area contributed by atoms with Crippen molar-refractivity contribution in [1.29, 1.82) is 0 Å². The molecule has 2 aliphatic rings. The van der Waals surface area contributed by atoms with Gasteiger partial charge in [-0.2, -0.15) is 0 Å². The van der Waals surface area contributed by atoms with Gasteiger partial charge in [0.05, 0.1) is 18.2 Å². The number of rotatable bonds is 7. The molecule has 1 unspecified atom stereocenters. The van der Waals surface area contributed by atoms with Crippen molar-refractivity contribution in [1.82, 2.24) is 4.90 Å². The second kappa shape index (κ2) is 9.46. The number of carbonyl (C=O) groups excluding carboxylic acids is 3. The molecule has 172 valence electrons. The first-order valence-corrected chi connectivity index (χ1v) is 10.7. The molecule has 0 aliphatic carbocycles. The summed E-state index contributed by atoms with van der Waals surface area (Å²) in [5.41, 5.74) is 2.04. The zero-order valence-corrected chi connectivity index (χ0v) is 18.5. The molecular weight excluding hydrogens is 426 g/mol. The lowest BCUT2D eigenvalue weighted by Crippen LogP contribution is -2.31. The van der Waals surface area contributed by atoms with E-state index in [2.05, 4.69) is 0 Å². The van der Waals surface area contributed by atoms with E-state index < -0.39 is 23.7 Å². The van der Waals surface area contributed by atoms with Gasteiger partial charge in [-0.25, -0.2) is 0 Å². The molecule has 8 nitrogen and oxygen atoms in total. The van der Waals surface area contributed by atoms with Crippen molar-refractivity contribution in [2.24, 2.45) is 0 Å². The fourth-order valence-corrected chi connectivity index (χ4v) is 4.21. The highest BCUT2D eigenvalue weighted by molar-refractivity contribution is 6.46. The van der Waals surface area contributed by atoms with Gasteiger partial charge in [-0.15, -0.1) is 0 Å². The number of ketones is 1. The molecule has 2 aliphatic heterocycles. The first-order valence-electron chi connectivity index (χ1n) is 10.7. The van der Waals surface area contributed by atoms with Gasteiger partial charge in [0, 0.05) is 39.2 Å². The molecule has 1 N–H and O–H groups in total. The SMILES string of the molecule is COCCCN1C(=O)C(=O)/C(=C(\O)c2ccc3c(c2)CCO3)C1c1ccc(OC(C)=O)cc1. The second-order valence-electron chi connectivity index (χ2n) is 7.92. The number of fused-ring (bicyclic) bond motifs is 1. The topological polar surface area (TPSA) is 102 Å². The molecule has 0 saturated carbocycles. The third-order valence-electron chi connectivity index (χ3n) is 5.71. The zero-order chi connectivity index (χ0) is 23.5. The molecule has 1 saturated heterocycles. The van der Waals surface area contributed by atoms with E-state index in [1.54, 1.807) is 49.6 Å². The Morgan fingerprint density at radius 1 is 1.18 bits per heavy atom. The van der Waals surface area contributed by atoms with Gasteiger partial charge in [0.1, 0.15) is 17.3 Å². The van der Waals surface area contributed by atoms with Crippen molar-refractivity contribution in [3.05, 3.63) is 64.7 Å². The van der Waals surface area contributed by atoms with E-state index >= 15 is 0 Å². The first-order chi connectivity index (χ1) is 15.9. The van der Waals surface area contributed by atoms with Gasteiger partial charge in [-0.3, -0.25) is 14.4 Å². The highest BCUT2D eigenvalue weighted by Crippen LogP contribution is 2.40. The molecule has 2 aromatic carbocycles. The van der Waals surface area contributed by atoms with Crippen LogP contribution in [0.4, 0.5) is 0 Å². The normalized spacial score (nSPS) is 18.8. The summed E-state index contributed by atoms with van der Waals surface area (Å²) in [6, 6.07) is 11.0. The lowest BCUT2D eigenvalue weighted by molar-refractivity contribution is -0.140. The Hall–Kier alpha value is -3.65. The molecule has 0 spiro atoms. The summed E-state index contributed by atoms with van der Waals surface area (Å²) in [6.45, 7) is 2.58. The van der Waals surface area contributed by atoms with Crippen molar-refractivity contribution >= 4 is 23.4 Å². The Morgan fingerprint density at radius 3 is 2.64 bits per heavy atom. The lowest BCUT2D eigenvalue weighted by Gasteiger charge is -2.25. The molecular formula is C25H25NO7. The average Bonchev–Trinajstić information content (AvgIpc) is 3.36. The molecule has 8 heteroatoms. The number of methoxy groups -OCH3 is 1. The molecule has 0 aromatic heterocycles. The molecule has 0 radical (unpaired) electrons. The van der Waals surface area contributed by atoms with E-state index in [4.69, 9.17) is 14.2 Å². The number of Topliss-reactive ketones (excluding diaryl/α,β-unsaturated/α-hetero) is 1. The number of esters is 1. The number of hydrogen-bond donors (Lipinski definition) is 1. The maximum absolute atomic E-state index is 13.1. The molecule has 2 heterocycles. The molecule has 1 amide bonds. The van der Waals surface area contributed by atoms with Crippen LogP contribution in [0.15, 0.2) is 48.0 Å². The van der Waals surface area contributed by atoms with Crippen LogP contribution in [0.25, 0.3) is 5.76 Å². The minimum atomic E-state index is -0.780. The highest BCUT2D eigenvalue weighted by atomic mass is 16.5. The van der Waals surface area contributed by atoms with Gasteiger partial charge in [0.2, 0.25) is 0 Å². The van der Waals surface area contributed by atoms with Crippen molar-refractivity contribution < 1.29 is 33.7 Å². The number of ether oxygens (including phenoxy) is 3. The molecule has 1 atom stereocenters. The predicted octanol–water partition coefficient (Wildman–Crippen LogP) is 3.01. The summed E-state index contributed by atoms with van der Waals surface area (Å²) in [5.74, 6) is -0.993. The number of amides is 1. The van der Waals surface area contributed by atoms with Crippen LogP contribution in [0.2, 0.25) is 0 Å². The fraction of sp³-hybridized carbons (Fsp3) is 0.320. The number of nitrogens with zero attached hydrogens (tertiary/aromatic N) is 1. The van der Waals surface area contributed by atoms with Gasteiger partial charge >= 0.3 is 5.97 Å². The van der Waals surface area contributed by atoms with Crippen LogP contribution in [-0.2, 0) is 25.5 Å². The monoisotopic (exact) mass is 451 g/mol. The van der Waals surface area contributed by atoms with Gasteiger partial charge in [0.15, 0.2) is 0 Å². The van der Waals surface area contributed by atoms with Crippen molar-refractivity contribution in [2.75, 3.05) is 26.9 Å². The molecule has 0 bridgehead atoms. The Morgan fingerprint density at radius 2 is 1.94 bits per heavy atom. The average molecular weight is 451 g/mol. The van der Waals surface area contributed by atoms with E-state index in [1.165, 1.54) is 11.8 Å². The van der Waals surface area contributed by atoms with Crippen LogP contribution in [0.1, 0.15) is 36.1 Å². The molecule has 4 rings (SSSR count). The molecule has 1 fully saturated rings. The van der Waals surface area contributed by atoms with Gasteiger partial charge in [-0.1, -0.05) is 12.1 Å². The van der Waals surface area contributed by atoms with Crippen LogP contribution in [0, 0.1) is 0 Å². The number of carbonyl (C=O) groups is 3.